The number of methoxy groups -OCH3 is 1. The molecule has 3 aliphatic heterocycles. The largest absolute Gasteiger partial charge is 0.467 e. The average molecular weight is 599 g/mol. The number of aromatic nitrogens is 5. The lowest BCUT2D eigenvalue weighted by Gasteiger charge is -2.41. The number of allylic oxidation sites excluding steroid dienone is 1. The van der Waals surface area contributed by atoms with E-state index in [9.17, 15) is 4.79 Å². The lowest BCUT2D eigenvalue weighted by atomic mass is 9.92. The number of hydrogen-bond acceptors (Lipinski definition) is 8. The number of esters is 1. The van der Waals surface area contributed by atoms with Gasteiger partial charge in [0.2, 0.25) is 0 Å². The van der Waals surface area contributed by atoms with Gasteiger partial charge in [-0.3, -0.25) is 0 Å². The van der Waals surface area contributed by atoms with Crippen LogP contribution in [-0.4, -0.2) is 68.4 Å². The van der Waals surface area contributed by atoms with Crippen LogP contribution in [0.2, 0.25) is 0 Å². The highest BCUT2D eigenvalue weighted by atomic mass is 16.6. The summed E-state index contributed by atoms with van der Waals surface area (Å²) in [6.45, 7) is 11.9. The molecule has 44 heavy (non-hydrogen) atoms. The van der Waals surface area contributed by atoms with Crippen LogP contribution in [0.3, 0.4) is 0 Å². The third-order valence-corrected chi connectivity index (χ3v) is 8.39. The number of piperidine rings is 1. The number of aryl methyl sites for hydroxylation is 2. The van der Waals surface area contributed by atoms with Crippen molar-refractivity contribution in [2.75, 3.05) is 31.7 Å². The smallest absolute Gasteiger partial charge is 0.339 e. The lowest BCUT2D eigenvalue weighted by molar-refractivity contribution is -0.164. The summed E-state index contributed by atoms with van der Waals surface area (Å²) in [5, 5.41) is 9.93. The Balaban J connectivity index is 1.53. The third-order valence-electron chi connectivity index (χ3n) is 8.39. The van der Waals surface area contributed by atoms with Gasteiger partial charge in [0.25, 0.3) is 0 Å². The summed E-state index contributed by atoms with van der Waals surface area (Å²) >= 11 is 0. The molecule has 0 saturated carbocycles. The van der Waals surface area contributed by atoms with Gasteiger partial charge in [0, 0.05) is 36.6 Å². The molecule has 10 heteroatoms. The van der Waals surface area contributed by atoms with Gasteiger partial charge in [-0.15, -0.1) is 0 Å². The van der Waals surface area contributed by atoms with Crippen LogP contribution >= 0.6 is 0 Å². The molecule has 0 amide bonds. The predicted octanol–water partition coefficient (Wildman–Crippen LogP) is 5.80. The molecular formula is C34H42N6O4. The summed E-state index contributed by atoms with van der Waals surface area (Å²) in [7, 11) is 1.39. The molecule has 0 spiro atoms. The summed E-state index contributed by atoms with van der Waals surface area (Å²) in [5.41, 5.74) is 4.91. The lowest BCUT2D eigenvalue weighted by Crippen LogP contribution is -2.45. The highest BCUT2D eigenvalue weighted by molar-refractivity contribution is 5.80. The van der Waals surface area contributed by atoms with Gasteiger partial charge >= 0.3 is 5.97 Å². The minimum Gasteiger partial charge on any atom is -0.467 e. The first kappa shape index (κ1) is 30.0. The van der Waals surface area contributed by atoms with Crippen LogP contribution in [0.5, 0.6) is 0 Å². The fraction of sp³-hybridized carbons (Fsp3) is 0.471. The number of fused-ring (bicyclic) bond motifs is 6. The van der Waals surface area contributed by atoms with E-state index in [-0.39, 0.29) is 5.60 Å². The zero-order valence-electron chi connectivity index (χ0n) is 26.5. The number of nitrogens with zero attached hydrogens (tertiary/aromatic N) is 6. The van der Waals surface area contributed by atoms with Gasteiger partial charge in [-0.1, -0.05) is 24.3 Å². The van der Waals surface area contributed by atoms with Gasteiger partial charge in [-0.25, -0.2) is 14.5 Å². The molecule has 6 heterocycles. The molecule has 232 valence electrons. The Labute approximate surface area is 258 Å². The number of carbonyl (C=O) groups excluding carboxylic acids is 1. The minimum absolute atomic E-state index is 0.263. The van der Waals surface area contributed by atoms with E-state index in [0.717, 1.165) is 67.2 Å². The van der Waals surface area contributed by atoms with Crippen LogP contribution in [0.4, 0.5) is 5.82 Å². The minimum atomic E-state index is -0.975. The topological polar surface area (TPSA) is 96.0 Å². The Hall–Kier alpha value is -4.02. The van der Waals surface area contributed by atoms with Gasteiger partial charge in [-0.05, 0) is 78.5 Å². The molecule has 8 bridgehead atoms. The molecule has 10 nitrogen and oxygen atoms in total. The summed E-state index contributed by atoms with van der Waals surface area (Å²) in [5.74, 6) is 0.324. The monoisotopic (exact) mass is 598 g/mol. The van der Waals surface area contributed by atoms with Crippen molar-refractivity contribution in [3.05, 3.63) is 71.7 Å². The maximum atomic E-state index is 13.3. The highest BCUT2D eigenvalue weighted by Crippen LogP contribution is 2.38. The fourth-order valence-electron chi connectivity index (χ4n) is 6.00. The van der Waals surface area contributed by atoms with Crippen LogP contribution in [-0.2, 0) is 25.4 Å². The van der Waals surface area contributed by atoms with Gasteiger partial charge < -0.3 is 19.1 Å². The van der Waals surface area contributed by atoms with Gasteiger partial charge in [0.05, 0.1) is 47.6 Å². The van der Waals surface area contributed by atoms with Crippen molar-refractivity contribution in [1.29, 1.82) is 0 Å². The molecule has 4 aromatic rings. The van der Waals surface area contributed by atoms with Crippen LogP contribution in [0.25, 0.3) is 22.6 Å². The molecule has 0 aliphatic carbocycles. The molecule has 7 rings (SSSR count). The normalized spacial score (nSPS) is 18.4. The van der Waals surface area contributed by atoms with E-state index >= 15 is 0 Å². The van der Waals surface area contributed by atoms with Gasteiger partial charge in [-0.2, -0.15) is 14.7 Å². The molecular weight excluding hydrogens is 556 g/mol. The van der Waals surface area contributed by atoms with Crippen molar-refractivity contribution in [2.45, 2.75) is 77.6 Å². The number of hydrogen-bond donors (Lipinski definition) is 0. The Kier molecular flexibility index (Phi) is 8.06. The summed E-state index contributed by atoms with van der Waals surface area (Å²) < 4.78 is 21.8. The van der Waals surface area contributed by atoms with E-state index in [1.54, 1.807) is 0 Å². The maximum absolute atomic E-state index is 13.3. The maximum Gasteiger partial charge on any atom is 0.339 e. The van der Waals surface area contributed by atoms with E-state index in [1.165, 1.54) is 7.11 Å². The van der Waals surface area contributed by atoms with Crippen LogP contribution in [0.1, 0.15) is 70.0 Å². The molecule has 0 radical (unpaired) electrons. The van der Waals surface area contributed by atoms with E-state index in [0.29, 0.717) is 23.5 Å². The van der Waals surface area contributed by atoms with Crippen LogP contribution in [0, 0.1) is 6.92 Å². The van der Waals surface area contributed by atoms with Crippen molar-refractivity contribution in [2.24, 2.45) is 0 Å². The van der Waals surface area contributed by atoms with E-state index in [1.807, 2.05) is 67.4 Å². The first-order valence-electron chi connectivity index (χ1n) is 15.4. The third kappa shape index (κ3) is 6.14. The predicted molar refractivity (Wildman–Crippen MR) is 169 cm³/mol. The van der Waals surface area contributed by atoms with Gasteiger partial charge in [0.15, 0.2) is 11.8 Å². The number of ether oxygens (including phenoxy) is 3. The standard InChI is InChI=1S/C34H42N6O4/c1-23-29(30(32(41)42-6)44-33(2,3)4)31-38-18-15-34(5,16-19-38)43-20-9-7-8-12-25-14-17-39(36-25)26-13-10-11-24(21-26)27-22-28(35-23)40(31)37-27/h7,9-11,13-14,17,21-22,30H,8,12,15-16,18-20H2,1-6H3/b9-7+. The first-order chi connectivity index (χ1) is 21.0. The molecule has 3 aliphatic rings. The van der Waals surface area contributed by atoms with Crippen LogP contribution < -0.4 is 4.90 Å². The van der Waals surface area contributed by atoms with Crippen LogP contribution in [0.15, 0.2) is 54.7 Å². The molecule has 1 atom stereocenters. The second-order valence-electron chi connectivity index (χ2n) is 12.9. The van der Waals surface area contributed by atoms with Crippen molar-refractivity contribution < 1.29 is 19.0 Å². The highest BCUT2D eigenvalue weighted by Gasteiger charge is 2.38. The average Bonchev–Trinajstić information content (AvgIpc) is 3.64. The van der Waals surface area contributed by atoms with Crippen molar-refractivity contribution in [3.8, 4) is 16.9 Å². The number of anilines is 1. The summed E-state index contributed by atoms with van der Waals surface area (Å²) in [6.07, 6.45) is 8.72. The first-order valence-corrected chi connectivity index (χ1v) is 15.4. The number of benzene rings is 1. The molecule has 1 fully saturated rings. The van der Waals surface area contributed by atoms with Gasteiger partial charge in [0.1, 0.15) is 5.82 Å². The Morgan fingerprint density at radius 3 is 2.64 bits per heavy atom. The fourth-order valence-corrected chi connectivity index (χ4v) is 6.00. The Bertz CT molecular complexity index is 1690. The molecule has 3 aromatic heterocycles. The Morgan fingerprint density at radius 2 is 1.89 bits per heavy atom. The van der Waals surface area contributed by atoms with E-state index in [2.05, 4.69) is 36.1 Å². The zero-order chi connectivity index (χ0) is 31.1. The van der Waals surface area contributed by atoms with Crippen molar-refractivity contribution >= 4 is 17.4 Å². The molecule has 0 N–H and O–H groups in total. The molecule has 1 saturated heterocycles. The summed E-state index contributed by atoms with van der Waals surface area (Å²) in [4.78, 5) is 20.6. The molecule has 1 aromatic carbocycles. The molecule has 1 unspecified atom stereocenters. The SMILES string of the molecule is COC(=O)C(OC(C)(C)C)c1c(C)nc2cc3nn2c1N1CCC(C)(CC1)OC/C=C/CCc1ccn(n1)-c1cccc-3c1. The van der Waals surface area contributed by atoms with E-state index in [4.69, 9.17) is 29.4 Å². The quantitative estimate of drug-likeness (QED) is 0.216. The number of rotatable bonds is 3. The Morgan fingerprint density at radius 1 is 1.09 bits per heavy atom. The van der Waals surface area contributed by atoms with Crippen molar-refractivity contribution in [1.82, 2.24) is 24.4 Å². The number of carbonyl (C=O) groups is 1. The zero-order valence-corrected chi connectivity index (χ0v) is 26.5. The summed E-state index contributed by atoms with van der Waals surface area (Å²) in [6, 6.07) is 12.3. The second kappa shape index (κ2) is 11.8. The second-order valence-corrected chi connectivity index (χ2v) is 12.9. The van der Waals surface area contributed by atoms with Crippen molar-refractivity contribution in [3.63, 3.8) is 0 Å². The van der Waals surface area contributed by atoms with E-state index < -0.39 is 17.7 Å².